The van der Waals surface area contributed by atoms with Crippen LogP contribution in [0.25, 0.3) is 0 Å². The van der Waals surface area contributed by atoms with Crippen molar-refractivity contribution in [3.8, 4) is 0 Å². The zero-order valence-corrected chi connectivity index (χ0v) is 10.6. The molecular weight excluding hydrogens is 208 g/mol. The minimum atomic E-state index is 0.673. The van der Waals surface area contributed by atoms with Crippen molar-refractivity contribution >= 4 is 11.6 Å². The Morgan fingerprint density at radius 2 is 2.27 bits per heavy atom. The second-order valence-electron chi connectivity index (χ2n) is 4.51. The van der Waals surface area contributed by atoms with Crippen LogP contribution in [0.1, 0.15) is 33.1 Å². The molecule has 1 aliphatic rings. The Morgan fingerprint density at radius 1 is 1.53 bits per heavy atom. The molecule has 1 saturated carbocycles. The van der Waals surface area contributed by atoms with E-state index in [0.717, 1.165) is 19.6 Å². The molecular formula is C12H23ClN2. The summed E-state index contributed by atoms with van der Waals surface area (Å²) in [7, 11) is 0. The molecule has 2 nitrogen and oxygen atoms in total. The Morgan fingerprint density at radius 3 is 2.80 bits per heavy atom. The van der Waals surface area contributed by atoms with Gasteiger partial charge in [0.1, 0.15) is 0 Å². The second-order valence-corrected chi connectivity index (χ2v) is 4.73. The van der Waals surface area contributed by atoms with E-state index in [9.17, 15) is 0 Å². The van der Waals surface area contributed by atoms with Gasteiger partial charge in [0.05, 0.1) is 0 Å². The van der Waals surface area contributed by atoms with Crippen LogP contribution < -0.4 is 5.73 Å². The zero-order chi connectivity index (χ0) is 11.3. The summed E-state index contributed by atoms with van der Waals surface area (Å²) in [6.45, 7) is 7.20. The minimum Gasteiger partial charge on any atom is -0.330 e. The maximum atomic E-state index is 5.81. The predicted octanol–water partition coefficient (Wildman–Crippen LogP) is 2.58. The van der Waals surface area contributed by atoms with E-state index in [1.54, 1.807) is 5.54 Å². The first kappa shape index (κ1) is 13.0. The monoisotopic (exact) mass is 230 g/mol. The van der Waals surface area contributed by atoms with Gasteiger partial charge in [-0.2, -0.15) is 0 Å². The molecule has 0 aromatic rings. The largest absolute Gasteiger partial charge is 0.330 e. The van der Waals surface area contributed by atoms with Crippen LogP contribution in [-0.2, 0) is 0 Å². The molecule has 88 valence electrons. The SMILES string of the molecule is CCN(CC(C)=CCl)C1CCCC1CN. The lowest BCUT2D eigenvalue weighted by Gasteiger charge is -2.31. The lowest BCUT2D eigenvalue weighted by molar-refractivity contribution is 0.184. The fourth-order valence-electron chi connectivity index (χ4n) is 2.59. The van der Waals surface area contributed by atoms with Gasteiger partial charge in [-0.1, -0.05) is 24.9 Å². The van der Waals surface area contributed by atoms with Gasteiger partial charge in [-0.25, -0.2) is 0 Å². The molecule has 0 heterocycles. The van der Waals surface area contributed by atoms with Crippen molar-refractivity contribution in [2.75, 3.05) is 19.6 Å². The van der Waals surface area contributed by atoms with Crippen LogP contribution in [0.5, 0.6) is 0 Å². The van der Waals surface area contributed by atoms with Crippen molar-refractivity contribution in [1.29, 1.82) is 0 Å². The summed E-state index contributed by atoms with van der Waals surface area (Å²) in [6, 6.07) is 0.673. The molecule has 3 heteroatoms. The van der Waals surface area contributed by atoms with Gasteiger partial charge in [0.15, 0.2) is 0 Å². The molecule has 1 fully saturated rings. The van der Waals surface area contributed by atoms with Crippen molar-refractivity contribution < 1.29 is 0 Å². The summed E-state index contributed by atoms with van der Waals surface area (Å²) in [5, 5.41) is 0. The number of nitrogens with two attached hydrogens (primary N) is 1. The van der Waals surface area contributed by atoms with Gasteiger partial charge in [-0.05, 0) is 44.3 Å². The van der Waals surface area contributed by atoms with Crippen molar-refractivity contribution in [3.05, 3.63) is 11.1 Å². The number of hydrogen-bond donors (Lipinski definition) is 1. The lowest BCUT2D eigenvalue weighted by atomic mass is 10.0. The highest BCUT2D eigenvalue weighted by Gasteiger charge is 2.30. The van der Waals surface area contributed by atoms with Gasteiger partial charge >= 0.3 is 0 Å². The Bertz CT molecular complexity index is 216. The van der Waals surface area contributed by atoms with Crippen LogP contribution in [0.4, 0.5) is 0 Å². The summed E-state index contributed by atoms with van der Waals surface area (Å²) in [4.78, 5) is 2.51. The molecule has 0 bridgehead atoms. The smallest absolute Gasteiger partial charge is 0.0204 e. The quantitative estimate of drug-likeness (QED) is 0.787. The molecule has 1 rings (SSSR count). The van der Waals surface area contributed by atoms with Crippen LogP contribution >= 0.6 is 11.6 Å². The third kappa shape index (κ3) is 3.47. The van der Waals surface area contributed by atoms with Gasteiger partial charge in [0.2, 0.25) is 0 Å². The van der Waals surface area contributed by atoms with Crippen molar-refractivity contribution in [2.45, 2.75) is 39.2 Å². The van der Waals surface area contributed by atoms with E-state index in [0.29, 0.717) is 12.0 Å². The molecule has 0 saturated heterocycles. The Balaban J connectivity index is 2.57. The molecule has 1 aliphatic carbocycles. The van der Waals surface area contributed by atoms with Gasteiger partial charge in [0, 0.05) is 18.1 Å². The summed E-state index contributed by atoms with van der Waals surface area (Å²) < 4.78 is 0. The van der Waals surface area contributed by atoms with Gasteiger partial charge in [-0.15, -0.1) is 0 Å². The normalized spacial score (nSPS) is 27.7. The first-order chi connectivity index (χ1) is 7.22. The molecule has 0 aromatic carbocycles. The number of likely N-dealkylation sites (N-methyl/N-ethyl adjacent to an activating group) is 1. The number of nitrogens with zero attached hydrogens (tertiary/aromatic N) is 1. The van der Waals surface area contributed by atoms with Crippen molar-refractivity contribution in [1.82, 2.24) is 4.90 Å². The Hall–Kier alpha value is -0.0500. The van der Waals surface area contributed by atoms with E-state index in [2.05, 4.69) is 18.7 Å². The predicted molar refractivity (Wildman–Crippen MR) is 67.0 cm³/mol. The summed E-state index contributed by atoms with van der Waals surface area (Å²) >= 11 is 5.72. The minimum absolute atomic E-state index is 0.673. The Kier molecular flexibility index (Phi) is 5.65. The third-order valence-electron chi connectivity index (χ3n) is 3.44. The molecule has 2 unspecified atom stereocenters. The van der Waals surface area contributed by atoms with E-state index < -0.39 is 0 Å². The summed E-state index contributed by atoms with van der Waals surface area (Å²) in [5.74, 6) is 0.688. The molecule has 2 N–H and O–H groups in total. The highest BCUT2D eigenvalue weighted by molar-refractivity contribution is 6.25. The van der Waals surface area contributed by atoms with Gasteiger partial charge in [0.25, 0.3) is 0 Å². The van der Waals surface area contributed by atoms with E-state index in [4.69, 9.17) is 17.3 Å². The third-order valence-corrected chi connectivity index (χ3v) is 3.81. The van der Waals surface area contributed by atoms with Gasteiger partial charge in [-0.3, -0.25) is 4.90 Å². The van der Waals surface area contributed by atoms with Crippen LogP contribution in [0.3, 0.4) is 0 Å². The highest BCUT2D eigenvalue weighted by atomic mass is 35.5. The molecule has 0 spiro atoms. The van der Waals surface area contributed by atoms with Crippen LogP contribution in [-0.4, -0.2) is 30.6 Å². The zero-order valence-electron chi connectivity index (χ0n) is 9.88. The molecule has 15 heavy (non-hydrogen) atoms. The molecule has 0 amide bonds. The average molecular weight is 231 g/mol. The van der Waals surface area contributed by atoms with Crippen molar-refractivity contribution in [2.24, 2.45) is 11.7 Å². The number of hydrogen-bond acceptors (Lipinski definition) is 2. The average Bonchev–Trinajstić information content (AvgIpc) is 2.73. The highest BCUT2D eigenvalue weighted by Crippen LogP contribution is 2.29. The van der Waals surface area contributed by atoms with E-state index in [1.807, 2.05) is 0 Å². The van der Waals surface area contributed by atoms with Crippen LogP contribution in [0, 0.1) is 5.92 Å². The van der Waals surface area contributed by atoms with Crippen LogP contribution in [0.15, 0.2) is 11.1 Å². The van der Waals surface area contributed by atoms with Gasteiger partial charge < -0.3 is 5.73 Å². The fraction of sp³-hybridized carbons (Fsp3) is 0.833. The fourth-order valence-corrected chi connectivity index (χ4v) is 2.66. The van der Waals surface area contributed by atoms with Crippen LogP contribution in [0.2, 0.25) is 0 Å². The molecule has 0 aliphatic heterocycles. The summed E-state index contributed by atoms with van der Waals surface area (Å²) in [5.41, 5.74) is 8.74. The topological polar surface area (TPSA) is 29.3 Å². The molecule has 0 radical (unpaired) electrons. The first-order valence-corrected chi connectivity index (χ1v) is 6.36. The lowest BCUT2D eigenvalue weighted by Crippen LogP contribution is -2.41. The maximum Gasteiger partial charge on any atom is 0.0204 e. The standard InChI is InChI=1S/C12H23ClN2/c1-3-15(9-10(2)7-13)12-6-4-5-11(12)8-14/h7,11-12H,3-6,8-9,14H2,1-2H3. The van der Waals surface area contributed by atoms with Crippen molar-refractivity contribution in [3.63, 3.8) is 0 Å². The van der Waals surface area contributed by atoms with E-state index in [-0.39, 0.29) is 0 Å². The van der Waals surface area contributed by atoms with E-state index >= 15 is 0 Å². The maximum absolute atomic E-state index is 5.81. The molecule has 2 atom stereocenters. The summed E-state index contributed by atoms with van der Waals surface area (Å²) in [6.07, 6.45) is 3.92. The number of halogens is 1. The Labute approximate surface area is 98.5 Å². The molecule has 0 aromatic heterocycles. The number of rotatable bonds is 5. The first-order valence-electron chi connectivity index (χ1n) is 5.92. The second kappa shape index (κ2) is 6.51. The van der Waals surface area contributed by atoms with E-state index in [1.165, 1.54) is 24.8 Å².